The molecular formula is C18H28N2O3S2. The number of nitrogens with one attached hydrogen (secondary N) is 1. The lowest BCUT2D eigenvalue weighted by atomic mass is 9.97. The number of thiophene rings is 1. The first-order valence-electron chi connectivity index (χ1n) is 9.43. The minimum atomic E-state index is -3.48. The first-order chi connectivity index (χ1) is 12.0. The summed E-state index contributed by atoms with van der Waals surface area (Å²) in [5.74, 6) is 0.108. The summed E-state index contributed by atoms with van der Waals surface area (Å²) in [6.07, 6.45) is 10.1. The molecule has 2 fully saturated rings. The SMILES string of the molecule is O=C(Cc1ccc(S(=O)(=O)NC2CCCCCCC2)s1)N1CCCC1. The monoisotopic (exact) mass is 384 g/mol. The molecule has 1 N–H and O–H groups in total. The molecule has 1 aromatic heterocycles. The van der Waals surface area contributed by atoms with E-state index in [2.05, 4.69) is 4.72 Å². The van der Waals surface area contributed by atoms with Crippen LogP contribution >= 0.6 is 11.3 Å². The average molecular weight is 385 g/mol. The van der Waals surface area contributed by atoms with Crippen molar-refractivity contribution in [1.82, 2.24) is 9.62 Å². The van der Waals surface area contributed by atoms with Gasteiger partial charge in [-0.1, -0.05) is 32.1 Å². The normalized spacial score (nSPS) is 20.4. The van der Waals surface area contributed by atoms with Crippen LogP contribution in [-0.4, -0.2) is 38.4 Å². The summed E-state index contributed by atoms with van der Waals surface area (Å²) in [5.41, 5.74) is 0. The number of hydrogen-bond acceptors (Lipinski definition) is 4. The molecule has 0 atom stereocenters. The summed E-state index contributed by atoms with van der Waals surface area (Å²) in [5, 5.41) is 0. The van der Waals surface area contributed by atoms with E-state index in [-0.39, 0.29) is 11.9 Å². The Labute approximate surface area is 154 Å². The fourth-order valence-electron chi connectivity index (χ4n) is 3.68. The Hall–Kier alpha value is -0.920. The fourth-order valence-corrected chi connectivity index (χ4v) is 6.34. The third-order valence-electron chi connectivity index (χ3n) is 5.11. The van der Waals surface area contributed by atoms with Gasteiger partial charge in [0.25, 0.3) is 0 Å². The van der Waals surface area contributed by atoms with E-state index in [1.807, 2.05) is 4.90 Å². The minimum absolute atomic E-state index is 0.0436. The lowest BCUT2D eigenvalue weighted by Gasteiger charge is -2.20. The molecule has 1 amide bonds. The molecule has 5 nitrogen and oxygen atoms in total. The summed E-state index contributed by atoms with van der Waals surface area (Å²) >= 11 is 1.23. The highest BCUT2D eigenvalue weighted by molar-refractivity contribution is 7.91. The summed E-state index contributed by atoms with van der Waals surface area (Å²) in [6.45, 7) is 1.66. The van der Waals surface area contributed by atoms with Crippen molar-refractivity contribution in [2.75, 3.05) is 13.1 Å². The molecule has 0 radical (unpaired) electrons. The number of carbonyl (C=O) groups is 1. The van der Waals surface area contributed by atoms with Crippen LogP contribution in [0, 0.1) is 0 Å². The maximum absolute atomic E-state index is 12.7. The third-order valence-corrected chi connectivity index (χ3v) is 8.21. The predicted molar refractivity (Wildman–Crippen MR) is 100 cm³/mol. The van der Waals surface area contributed by atoms with Crippen LogP contribution in [0.2, 0.25) is 0 Å². The molecule has 1 aliphatic carbocycles. The van der Waals surface area contributed by atoms with Gasteiger partial charge in [0.05, 0.1) is 6.42 Å². The molecule has 0 bridgehead atoms. The summed E-state index contributed by atoms with van der Waals surface area (Å²) in [4.78, 5) is 14.9. The Balaban J connectivity index is 1.60. The largest absolute Gasteiger partial charge is 0.342 e. The molecule has 1 saturated carbocycles. The van der Waals surface area contributed by atoms with Crippen molar-refractivity contribution in [2.45, 2.75) is 74.5 Å². The van der Waals surface area contributed by atoms with Gasteiger partial charge in [-0.2, -0.15) is 0 Å². The number of likely N-dealkylation sites (tertiary alicyclic amines) is 1. The second kappa shape index (κ2) is 8.64. The standard InChI is InChI=1S/C18H28N2O3S2/c21-17(20-12-6-7-13-20)14-16-10-11-18(24-16)25(22,23)19-15-8-4-2-1-3-5-9-15/h10-11,15,19H,1-9,12-14H2. The maximum Gasteiger partial charge on any atom is 0.250 e. The topological polar surface area (TPSA) is 66.5 Å². The van der Waals surface area contributed by atoms with Crippen LogP contribution in [-0.2, 0) is 21.2 Å². The van der Waals surface area contributed by atoms with Gasteiger partial charge in [-0.05, 0) is 37.8 Å². The smallest absolute Gasteiger partial charge is 0.250 e. The molecule has 2 heterocycles. The third kappa shape index (κ3) is 5.28. The lowest BCUT2D eigenvalue weighted by molar-refractivity contribution is -0.129. The Kier molecular flexibility index (Phi) is 6.52. The minimum Gasteiger partial charge on any atom is -0.342 e. The van der Waals surface area contributed by atoms with Gasteiger partial charge in [-0.3, -0.25) is 4.79 Å². The van der Waals surface area contributed by atoms with Gasteiger partial charge in [0.15, 0.2) is 0 Å². The molecule has 1 aliphatic heterocycles. The quantitative estimate of drug-likeness (QED) is 0.847. The second-order valence-corrected chi connectivity index (χ2v) is 10.3. The van der Waals surface area contributed by atoms with Crippen LogP contribution < -0.4 is 4.72 Å². The Bertz CT molecular complexity index is 670. The van der Waals surface area contributed by atoms with E-state index in [9.17, 15) is 13.2 Å². The molecule has 3 rings (SSSR count). The van der Waals surface area contributed by atoms with Crippen LogP contribution in [0.25, 0.3) is 0 Å². The van der Waals surface area contributed by atoms with E-state index in [0.717, 1.165) is 56.5 Å². The van der Waals surface area contributed by atoms with Crippen molar-refractivity contribution >= 4 is 27.3 Å². The van der Waals surface area contributed by atoms with Crippen LogP contribution in [0.4, 0.5) is 0 Å². The number of hydrogen-bond donors (Lipinski definition) is 1. The summed E-state index contributed by atoms with van der Waals surface area (Å²) in [6, 6.07) is 3.47. The second-order valence-electron chi connectivity index (χ2n) is 7.15. The molecule has 7 heteroatoms. The number of sulfonamides is 1. The van der Waals surface area contributed by atoms with Gasteiger partial charge in [-0.25, -0.2) is 13.1 Å². The van der Waals surface area contributed by atoms with Crippen LogP contribution in [0.3, 0.4) is 0 Å². The number of rotatable bonds is 5. The van der Waals surface area contributed by atoms with Crippen LogP contribution in [0.1, 0.15) is 62.7 Å². The van der Waals surface area contributed by atoms with E-state index in [0.29, 0.717) is 10.6 Å². The van der Waals surface area contributed by atoms with Gasteiger partial charge >= 0.3 is 0 Å². The molecule has 1 saturated heterocycles. The molecule has 0 spiro atoms. The zero-order chi connectivity index (χ0) is 17.7. The molecule has 2 aliphatic rings. The zero-order valence-corrected chi connectivity index (χ0v) is 16.3. The molecule has 1 aromatic rings. The van der Waals surface area contributed by atoms with Gasteiger partial charge in [0, 0.05) is 24.0 Å². The Morgan fingerprint density at radius 1 is 1.04 bits per heavy atom. The number of amides is 1. The van der Waals surface area contributed by atoms with Crippen molar-refractivity contribution in [3.8, 4) is 0 Å². The number of nitrogens with zero attached hydrogens (tertiary/aromatic N) is 1. The van der Waals surface area contributed by atoms with E-state index in [1.54, 1.807) is 12.1 Å². The molecule has 25 heavy (non-hydrogen) atoms. The van der Waals surface area contributed by atoms with Gasteiger partial charge < -0.3 is 4.90 Å². The van der Waals surface area contributed by atoms with Crippen molar-refractivity contribution in [2.24, 2.45) is 0 Å². The zero-order valence-electron chi connectivity index (χ0n) is 14.7. The highest BCUT2D eigenvalue weighted by Crippen LogP contribution is 2.25. The van der Waals surface area contributed by atoms with Gasteiger partial charge in [0.1, 0.15) is 4.21 Å². The van der Waals surface area contributed by atoms with Crippen LogP contribution in [0.15, 0.2) is 16.3 Å². The molecule has 0 aromatic carbocycles. The average Bonchev–Trinajstić information content (AvgIpc) is 3.21. The highest BCUT2D eigenvalue weighted by Gasteiger charge is 2.24. The first-order valence-corrected chi connectivity index (χ1v) is 11.7. The molecular weight excluding hydrogens is 356 g/mol. The predicted octanol–water partition coefficient (Wildman–Crippen LogP) is 3.30. The van der Waals surface area contributed by atoms with Gasteiger partial charge in [-0.15, -0.1) is 11.3 Å². The molecule has 140 valence electrons. The van der Waals surface area contributed by atoms with Crippen molar-refractivity contribution in [3.05, 3.63) is 17.0 Å². The van der Waals surface area contributed by atoms with E-state index in [4.69, 9.17) is 0 Å². The Morgan fingerprint density at radius 2 is 1.68 bits per heavy atom. The van der Waals surface area contributed by atoms with E-state index < -0.39 is 10.0 Å². The first kappa shape index (κ1) is 18.9. The molecule has 0 unspecified atom stereocenters. The maximum atomic E-state index is 12.7. The highest BCUT2D eigenvalue weighted by atomic mass is 32.2. The lowest BCUT2D eigenvalue weighted by Crippen LogP contribution is -2.34. The van der Waals surface area contributed by atoms with Crippen LogP contribution in [0.5, 0.6) is 0 Å². The number of carbonyl (C=O) groups excluding carboxylic acids is 1. The van der Waals surface area contributed by atoms with E-state index >= 15 is 0 Å². The van der Waals surface area contributed by atoms with Gasteiger partial charge in [0.2, 0.25) is 15.9 Å². The van der Waals surface area contributed by atoms with E-state index in [1.165, 1.54) is 30.6 Å². The van der Waals surface area contributed by atoms with Crippen molar-refractivity contribution in [1.29, 1.82) is 0 Å². The summed E-state index contributed by atoms with van der Waals surface area (Å²) < 4.78 is 28.5. The van der Waals surface area contributed by atoms with Crippen molar-refractivity contribution < 1.29 is 13.2 Å². The van der Waals surface area contributed by atoms with Crippen molar-refractivity contribution in [3.63, 3.8) is 0 Å². The summed E-state index contributed by atoms with van der Waals surface area (Å²) in [7, 11) is -3.48. The fraction of sp³-hybridized carbons (Fsp3) is 0.722. The Morgan fingerprint density at radius 3 is 2.36 bits per heavy atom.